The van der Waals surface area contributed by atoms with E-state index in [1.165, 1.54) is 11.1 Å². The fraction of sp³-hybridized carbons (Fsp3) is 0.550. The second-order valence-corrected chi connectivity index (χ2v) is 7.61. The van der Waals surface area contributed by atoms with Gasteiger partial charge in [-0.25, -0.2) is 4.68 Å². The largest absolute Gasteiger partial charge is 0.395 e. The highest BCUT2D eigenvalue weighted by atomic mass is 16.3. The van der Waals surface area contributed by atoms with E-state index in [1.807, 2.05) is 26.0 Å². The third-order valence-corrected chi connectivity index (χ3v) is 5.43. The molecule has 0 spiro atoms. The first-order valence-electron chi connectivity index (χ1n) is 9.60. The zero-order valence-corrected chi connectivity index (χ0v) is 16.6. The lowest BCUT2D eigenvalue weighted by Crippen LogP contribution is -2.36. The molecule has 1 aliphatic heterocycles. The summed E-state index contributed by atoms with van der Waals surface area (Å²) in [5.41, 5.74) is 4.58. The van der Waals surface area contributed by atoms with Gasteiger partial charge in [0.25, 0.3) is 5.91 Å². The predicted octanol–water partition coefficient (Wildman–Crippen LogP) is 1.70. The SMILES string of the molecule is Cc1c(C(=O)NC(C)C(C)C)nnn1-c1cccc2c1CCN(CCO)C2. The van der Waals surface area contributed by atoms with E-state index in [4.69, 9.17) is 0 Å². The van der Waals surface area contributed by atoms with Crippen LogP contribution in [0, 0.1) is 12.8 Å². The van der Waals surface area contributed by atoms with E-state index in [-0.39, 0.29) is 18.6 Å². The summed E-state index contributed by atoms with van der Waals surface area (Å²) in [6.45, 7) is 10.6. The number of hydrogen-bond donors (Lipinski definition) is 2. The average molecular weight is 371 g/mol. The molecule has 2 aromatic rings. The molecule has 1 atom stereocenters. The van der Waals surface area contributed by atoms with Crippen molar-refractivity contribution in [3.05, 3.63) is 40.7 Å². The molecule has 146 valence electrons. The van der Waals surface area contributed by atoms with Crippen LogP contribution in [0.2, 0.25) is 0 Å². The van der Waals surface area contributed by atoms with Crippen LogP contribution in [0.5, 0.6) is 0 Å². The van der Waals surface area contributed by atoms with E-state index in [9.17, 15) is 9.90 Å². The molecule has 0 radical (unpaired) electrons. The Morgan fingerprint density at radius 2 is 2.11 bits per heavy atom. The Morgan fingerprint density at radius 3 is 2.81 bits per heavy atom. The topological polar surface area (TPSA) is 83.3 Å². The summed E-state index contributed by atoms with van der Waals surface area (Å²) in [5, 5.41) is 20.6. The number of aliphatic hydroxyl groups excluding tert-OH is 1. The van der Waals surface area contributed by atoms with E-state index >= 15 is 0 Å². The van der Waals surface area contributed by atoms with Crippen LogP contribution < -0.4 is 5.32 Å². The molecule has 2 heterocycles. The van der Waals surface area contributed by atoms with Crippen LogP contribution in [0.15, 0.2) is 18.2 Å². The molecule has 1 aromatic carbocycles. The van der Waals surface area contributed by atoms with Crippen LogP contribution in [-0.2, 0) is 13.0 Å². The second-order valence-electron chi connectivity index (χ2n) is 7.61. The van der Waals surface area contributed by atoms with Gasteiger partial charge < -0.3 is 10.4 Å². The minimum atomic E-state index is -0.182. The molecular formula is C20H29N5O2. The highest BCUT2D eigenvalue weighted by molar-refractivity contribution is 5.93. The van der Waals surface area contributed by atoms with Crippen LogP contribution in [0.1, 0.15) is 48.1 Å². The van der Waals surface area contributed by atoms with Crippen molar-refractivity contribution in [3.63, 3.8) is 0 Å². The summed E-state index contributed by atoms with van der Waals surface area (Å²) in [4.78, 5) is 14.8. The molecule has 3 rings (SSSR count). The van der Waals surface area contributed by atoms with Crippen LogP contribution in [0.25, 0.3) is 5.69 Å². The van der Waals surface area contributed by atoms with Crippen LogP contribution in [0.4, 0.5) is 0 Å². The van der Waals surface area contributed by atoms with Crippen molar-refractivity contribution in [1.82, 2.24) is 25.2 Å². The molecule has 27 heavy (non-hydrogen) atoms. The first-order valence-corrected chi connectivity index (χ1v) is 9.60. The molecular weight excluding hydrogens is 342 g/mol. The van der Waals surface area contributed by atoms with Gasteiger partial charge in [0.1, 0.15) is 0 Å². The molecule has 0 saturated carbocycles. The fourth-order valence-corrected chi connectivity index (χ4v) is 3.39. The summed E-state index contributed by atoms with van der Waals surface area (Å²) >= 11 is 0. The summed E-state index contributed by atoms with van der Waals surface area (Å²) in [6.07, 6.45) is 0.886. The lowest BCUT2D eigenvalue weighted by Gasteiger charge is -2.29. The number of nitrogens with one attached hydrogen (secondary N) is 1. The number of fused-ring (bicyclic) bond motifs is 1. The number of benzene rings is 1. The normalized spacial score (nSPS) is 15.6. The lowest BCUT2D eigenvalue weighted by atomic mass is 9.97. The van der Waals surface area contributed by atoms with Crippen molar-refractivity contribution in [2.45, 2.75) is 46.7 Å². The summed E-state index contributed by atoms with van der Waals surface area (Å²) in [7, 11) is 0. The first kappa shape index (κ1) is 19.5. The maximum atomic E-state index is 12.6. The predicted molar refractivity (Wildman–Crippen MR) is 104 cm³/mol. The smallest absolute Gasteiger partial charge is 0.273 e. The number of nitrogens with zero attached hydrogens (tertiary/aromatic N) is 4. The monoisotopic (exact) mass is 371 g/mol. The molecule has 0 aliphatic carbocycles. The van der Waals surface area contributed by atoms with Crippen molar-refractivity contribution >= 4 is 5.91 Å². The molecule has 0 saturated heterocycles. The highest BCUT2D eigenvalue weighted by Crippen LogP contribution is 2.26. The maximum absolute atomic E-state index is 12.6. The van der Waals surface area contributed by atoms with Gasteiger partial charge in [-0.3, -0.25) is 9.69 Å². The molecule has 1 aliphatic rings. The van der Waals surface area contributed by atoms with Gasteiger partial charge in [0.2, 0.25) is 0 Å². The second kappa shape index (κ2) is 8.19. The van der Waals surface area contributed by atoms with Crippen molar-refractivity contribution in [1.29, 1.82) is 0 Å². The maximum Gasteiger partial charge on any atom is 0.273 e. The number of amides is 1. The fourth-order valence-electron chi connectivity index (χ4n) is 3.39. The Labute approximate surface area is 160 Å². The van der Waals surface area contributed by atoms with Gasteiger partial charge in [-0.2, -0.15) is 0 Å². The number of carbonyl (C=O) groups is 1. The van der Waals surface area contributed by atoms with Gasteiger partial charge in [-0.1, -0.05) is 31.2 Å². The van der Waals surface area contributed by atoms with Crippen LogP contribution >= 0.6 is 0 Å². The van der Waals surface area contributed by atoms with Crippen molar-refractivity contribution in [2.75, 3.05) is 19.7 Å². The van der Waals surface area contributed by atoms with E-state index in [1.54, 1.807) is 4.68 Å². The van der Waals surface area contributed by atoms with Crippen molar-refractivity contribution < 1.29 is 9.90 Å². The molecule has 1 amide bonds. The lowest BCUT2D eigenvalue weighted by molar-refractivity contribution is 0.0924. The van der Waals surface area contributed by atoms with Crippen molar-refractivity contribution in [3.8, 4) is 5.69 Å². The quantitative estimate of drug-likeness (QED) is 0.808. The van der Waals surface area contributed by atoms with Gasteiger partial charge in [-0.05, 0) is 43.4 Å². The van der Waals surface area contributed by atoms with E-state index in [2.05, 4.69) is 40.4 Å². The number of aromatic nitrogens is 3. The summed E-state index contributed by atoms with van der Waals surface area (Å²) < 4.78 is 1.77. The Balaban J connectivity index is 1.88. The van der Waals surface area contributed by atoms with E-state index in [0.29, 0.717) is 18.2 Å². The number of carbonyl (C=O) groups excluding carboxylic acids is 1. The molecule has 1 unspecified atom stereocenters. The number of rotatable bonds is 6. The average Bonchev–Trinajstić information content (AvgIpc) is 3.02. The van der Waals surface area contributed by atoms with Gasteiger partial charge in [-0.15, -0.1) is 5.10 Å². The summed E-state index contributed by atoms with van der Waals surface area (Å²) in [6, 6.07) is 6.23. The van der Waals surface area contributed by atoms with Gasteiger partial charge >= 0.3 is 0 Å². The molecule has 7 heteroatoms. The van der Waals surface area contributed by atoms with Crippen molar-refractivity contribution in [2.24, 2.45) is 5.92 Å². The zero-order valence-electron chi connectivity index (χ0n) is 16.6. The molecule has 7 nitrogen and oxygen atoms in total. The number of aliphatic hydroxyl groups is 1. The standard InChI is InChI=1S/C20H29N5O2/c1-13(2)14(3)21-20(27)19-15(4)25(23-22-19)18-7-5-6-16-12-24(10-11-26)9-8-17(16)18/h5-7,13-14,26H,8-12H2,1-4H3,(H,21,27). The van der Waals surface area contributed by atoms with Gasteiger partial charge in [0.05, 0.1) is 18.0 Å². The molecule has 2 N–H and O–H groups in total. The Hall–Kier alpha value is -2.25. The van der Waals surface area contributed by atoms with Gasteiger partial charge in [0.15, 0.2) is 5.69 Å². The molecule has 0 fully saturated rings. The summed E-state index contributed by atoms with van der Waals surface area (Å²) in [5.74, 6) is 0.172. The third-order valence-electron chi connectivity index (χ3n) is 5.43. The zero-order chi connectivity index (χ0) is 19.6. The highest BCUT2D eigenvalue weighted by Gasteiger charge is 2.23. The molecule has 1 aromatic heterocycles. The Morgan fingerprint density at radius 1 is 1.33 bits per heavy atom. The van der Waals surface area contributed by atoms with E-state index < -0.39 is 0 Å². The van der Waals surface area contributed by atoms with Crippen LogP contribution in [0.3, 0.4) is 0 Å². The van der Waals surface area contributed by atoms with Crippen LogP contribution in [-0.4, -0.2) is 56.6 Å². The minimum absolute atomic E-state index is 0.0732. The number of hydrogen-bond acceptors (Lipinski definition) is 5. The minimum Gasteiger partial charge on any atom is -0.395 e. The Bertz CT molecular complexity index is 815. The Kier molecular flexibility index (Phi) is 5.92. The number of β-amino-alcohol motifs (C(OH)–C–C–N with tert-alkyl or cyclic N) is 1. The van der Waals surface area contributed by atoms with E-state index in [0.717, 1.165) is 30.9 Å². The van der Waals surface area contributed by atoms with Gasteiger partial charge in [0, 0.05) is 25.7 Å². The third kappa shape index (κ3) is 4.04. The molecule has 0 bridgehead atoms. The first-order chi connectivity index (χ1) is 12.9.